The van der Waals surface area contributed by atoms with Crippen molar-refractivity contribution in [2.24, 2.45) is 5.10 Å². The first kappa shape index (κ1) is 24.2. The molecule has 0 fully saturated rings. The highest BCUT2D eigenvalue weighted by Crippen LogP contribution is 2.26. The van der Waals surface area contributed by atoms with Gasteiger partial charge in [0.05, 0.1) is 17.9 Å². The molecule has 0 radical (unpaired) electrons. The minimum atomic E-state index is -0.565. The Bertz CT molecular complexity index is 993. The molecular formula is C27H33N3O3. The van der Waals surface area contributed by atoms with E-state index in [0.29, 0.717) is 12.3 Å². The second-order valence-corrected chi connectivity index (χ2v) is 7.92. The van der Waals surface area contributed by atoms with Crippen molar-refractivity contribution in [2.75, 3.05) is 29.6 Å². The van der Waals surface area contributed by atoms with Crippen LogP contribution >= 0.6 is 0 Å². The van der Waals surface area contributed by atoms with Crippen molar-refractivity contribution in [3.63, 3.8) is 0 Å². The molecule has 6 nitrogen and oxygen atoms in total. The maximum absolute atomic E-state index is 13.2. The fourth-order valence-corrected chi connectivity index (χ4v) is 3.74. The summed E-state index contributed by atoms with van der Waals surface area (Å²) in [7, 11) is 0. The normalized spacial score (nSPS) is 14.5. The van der Waals surface area contributed by atoms with Crippen LogP contribution in [-0.4, -0.2) is 37.3 Å². The number of nitrogens with zero attached hydrogens (tertiary/aromatic N) is 3. The van der Waals surface area contributed by atoms with E-state index in [-0.39, 0.29) is 17.2 Å². The van der Waals surface area contributed by atoms with Gasteiger partial charge in [-0.3, -0.25) is 4.79 Å². The van der Waals surface area contributed by atoms with E-state index in [4.69, 9.17) is 4.74 Å². The van der Waals surface area contributed by atoms with Gasteiger partial charge in [0.15, 0.2) is 5.71 Å². The second kappa shape index (κ2) is 12.0. The van der Waals surface area contributed by atoms with E-state index < -0.39 is 5.97 Å². The number of hydrogen-bond donors (Lipinski definition) is 0. The van der Waals surface area contributed by atoms with Gasteiger partial charge in [0.1, 0.15) is 0 Å². The van der Waals surface area contributed by atoms with Crippen molar-refractivity contribution < 1.29 is 14.3 Å². The van der Waals surface area contributed by atoms with E-state index in [9.17, 15) is 9.59 Å². The van der Waals surface area contributed by atoms with E-state index in [1.807, 2.05) is 42.5 Å². The number of carbonyl (C=O) groups excluding carboxylic acids is 2. The number of carbonyl (C=O) groups is 2. The number of ether oxygens (including phenoxy) is 1. The predicted molar refractivity (Wildman–Crippen MR) is 134 cm³/mol. The maximum Gasteiger partial charge on any atom is 0.359 e. The molecule has 2 aromatic rings. The Kier molecular flexibility index (Phi) is 8.81. The first-order valence-corrected chi connectivity index (χ1v) is 11.8. The highest BCUT2D eigenvalue weighted by Gasteiger charge is 2.36. The predicted octanol–water partition coefficient (Wildman–Crippen LogP) is 5.44. The van der Waals surface area contributed by atoms with Gasteiger partial charge in [-0.05, 0) is 56.2 Å². The van der Waals surface area contributed by atoms with Crippen LogP contribution in [0, 0.1) is 0 Å². The zero-order valence-corrected chi connectivity index (χ0v) is 19.8. The molecule has 0 unspecified atom stereocenters. The third-order valence-electron chi connectivity index (χ3n) is 5.64. The molecule has 6 heteroatoms. The van der Waals surface area contributed by atoms with Gasteiger partial charge in [-0.1, -0.05) is 56.5 Å². The molecule has 1 aliphatic heterocycles. The molecule has 0 spiro atoms. The number of anilines is 2. The Balaban J connectivity index is 1.86. The van der Waals surface area contributed by atoms with E-state index in [2.05, 4.69) is 30.8 Å². The number of hydrogen-bond acceptors (Lipinski definition) is 5. The van der Waals surface area contributed by atoms with Gasteiger partial charge < -0.3 is 9.64 Å². The molecule has 2 aromatic carbocycles. The van der Waals surface area contributed by atoms with Crippen LogP contribution in [-0.2, 0) is 14.3 Å². The average Bonchev–Trinajstić information content (AvgIpc) is 3.17. The fraction of sp³-hybridized carbons (Fsp3) is 0.370. The van der Waals surface area contributed by atoms with Crippen molar-refractivity contribution >= 4 is 35.0 Å². The highest BCUT2D eigenvalue weighted by atomic mass is 16.5. The summed E-state index contributed by atoms with van der Waals surface area (Å²) in [5.74, 6) is -0.906. The fourth-order valence-electron chi connectivity index (χ4n) is 3.74. The summed E-state index contributed by atoms with van der Waals surface area (Å²) in [6.45, 7) is 8.53. The highest BCUT2D eigenvalue weighted by molar-refractivity contribution is 6.54. The Labute approximate surface area is 196 Å². The minimum absolute atomic E-state index is 0.0483. The number of unbranched alkanes of at least 4 members (excludes halogenated alkanes) is 3. The van der Waals surface area contributed by atoms with Gasteiger partial charge in [0.25, 0.3) is 5.91 Å². The summed E-state index contributed by atoms with van der Waals surface area (Å²) in [5, 5.41) is 5.62. The van der Waals surface area contributed by atoms with Crippen LogP contribution < -0.4 is 9.91 Å². The second-order valence-electron chi connectivity index (χ2n) is 7.92. The zero-order valence-electron chi connectivity index (χ0n) is 19.8. The van der Waals surface area contributed by atoms with Gasteiger partial charge in [-0.2, -0.15) is 10.1 Å². The van der Waals surface area contributed by atoms with E-state index in [1.54, 1.807) is 18.2 Å². The number of benzene rings is 2. The minimum Gasteiger partial charge on any atom is -0.461 e. The van der Waals surface area contributed by atoms with Gasteiger partial charge >= 0.3 is 5.97 Å². The van der Waals surface area contributed by atoms with Crippen LogP contribution in [0.5, 0.6) is 0 Å². The number of amides is 1. The third kappa shape index (κ3) is 6.09. The zero-order chi connectivity index (χ0) is 23.6. The molecule has 0 aliphatic carbocycles. The first-order valence-electron chi connectivity index (χ1n) is 11.8. The lowest BCUT2D eigenvalue weighted by atomic mass is 10.1. The SMILES string of the molecule is CCCCCCOC(=O)C1=NN(c2ccccc2)C(=O)C1=Cc1ccc(N(CC)CC)cc1. The summed E-state index contributed by atoms with van der Waals surface area (Å²) < 4.78 is 5.46. The molecule has 174 valence electrons. The summed E-state index contributed by atoms with van der Waals surface area (Å²) in [5.41, 5.74) is 2.84. The molecule has 1 heterocycles. The van der Waals surface area contributed by atoms with Crippen molar-refractivity contribution in [3.05, 3.63) is 65.7 Å². The smallest absolute Gasteiger partial charge is 0.359 e. The van der Waals surface area contributed by atoms with Gasteiger partial charge in [-0.25, -0.2) is 4.79 Å². The van der Waals surface area contributed by atoms with E-state index >= 15 is 0 Å². The van der Waals surface area contributed by atoms with Crippen molar-refractivity contribution in [2.45, 2.75) is 46.5 Å². The van der Waals surface area contributed by atoms with Gasteiger partial charge in [0.2, 0.25) is 0 Å². The molecule has 1 amide bonds. The Morgan fingerprint density at radius 3 is 2.30 bits per heavy atom. The van der Waals surface area contributed by atoms with Gasteiger partial charge in [0, 0.05) is 18.8 Å². The quantitative estimate of drug-likeness (QED) is 0.261. The standard InChI is InChI=1S/C27H33N3O3/c1-4-7-8-12-19-33-27(32)25-24(26(31)30(28-25)23-13-10-9-11-14-23)20-21-15-17-22(18-16-21)29(5-2)6-3/h9-11,13-18,20H,4-8,12,19H2,1-3H3. The first-order chi connectivity index (χ1) is 16.1. The Morgan fingerprint density at radius 2 is 1.67 bits per heavy atom. The van der Waals surface area contributed by atoms with Crippen molar-refractivity contribution in [1.29, 1.82) is 0 Å². The average molecular weight is 448 g/mol. The summed E-state index contributed by atoms with van der Waals surface area (Å²) in [6.07, 6.45) is 5.74. The Morgan fingerprint density at radius 1 is 0.970 bits per heavy atom. The molecule has 0 N–H and O–H groups in total. The van der Waals surface area contributed by atoms with Crippen LogP contribution in [0.3, 0.4) is 0 Å². The monoisotopic (exact) mass is 447 g/mol. The summed E-state index contributed by atoms with van der Waals surface area (Å²) in [6, 6.07) is 17.1. The number of para-hydroxylation sites is 1. The van der Waals surface area contributed by atoms with Crippen molar-refractivity contribution in [3.8, 4) is 0 Å². The number of rotatable bonds is 11. The number of esters is 1. The van der Waals surface area contributed by atoms with Crippen LogP contribution in [0.15, 0.2) is 65.3 Å². The summed E-state index contributed by atoms with van der Waals surface area (Å²) >= 11 is 0. The molecular weight excluding hydrogens is 414 g/mol. The topological polar surface area (TPSA) is 62.2 Å². The Hall–Kier alpha value is -3.41. The van der Waals surface area contributed by atoms with E-state index in [1.165, 1.54) is 5.01 Å². The molecule has 0 aromatic heterocycles. The third-order valence-corrected chi connectivity index (χ3v) is 5.64. The van der Waals surface area contributed by atoms with Crippen LogP contribution in [0.1, 0.15) is 52.0 Å². The molecule has 0 saturated heterocycles. The summed E-state index contributed by atoms with van der Waals surface area (Å²) in [4.78, 5) is 28.3. The largest absolute Gasteiger partial charge is 0.461 e. The number of hydrazone groups is 1. The van der Waals surface area contributed by atoms with E-state index in [0.717, 1.165) is 50.0 Å². The van der Waals surface area contributed by atoms with Gasteiger partial charge in [-0.15, -0.1) is 0 Å². The van der Waals surface area contributed by atoms with Crippen molar-refractivity contribution in [1.82, 2.24) is 0 Å². The lowest BCUT2D eigenvalue weighted by molar-refractivity contribution is -0.135. The lowest BCUT2D eigenvalue weighted by Gasteiger charge is -2.20. The molecule has 33 heavy (non-hydrogen) atoms. The molecule has 3 rings (SSSR count). The van der Waals surface area contributed by atoms with Crippen LogP contribution in [0.25, 0.3) is 6.08 Å². The lowest BCUT2D eigenvalue weighted by Crippen LogP contribution is -2.23. The van der Waals surface area contributed by atoms with Crippen LogP contribution in [0.2, 0.25) is 0 Å². The molecule has 0 atom stereocenters. The molecule has 1 aliphatic rings. The molecule has 0 saturated carbocycles. The van der Waals surface area contributed by atoms with Crippen LogP contribution in [0.4, 0.5) is 11.4 Å². The maximum atomic E-state index is 13.2. The molecule has 0 bridgehead atoms.